The predicted octanol–water partition coefficient (Wildman–Crippen LogP) is 5.08. The van der Waals surface area contributed by atoms with E-state index in [1.165, 1.54) is 0 Å². The van der Waals surface area contributed by atoms with Crippen LogP contribution in [0.5, 0.6) is 0 Å². The summed E-state index contributed by atoms with van der Waals surface area (Å²) in [7, 11) is -3.82. The standard InChI is InChI=1S/C23H35N3O3S/c1-7-20-16-29-23(6,14-13-17(2)3)26(20)30(27,28)21-15-25(18(4)5)24-22(21)19-11-9-8-10-12-19/h8-12,15,17-18,20H,7,13-14,16H2,1-6H3. The maximum Gasteiger partial charge on any atom is 0.249 e. The van der Waals surface area contributed by atoms with Crippen LogP contribution in [-0.4, -0.2) is 40.9 Å². The Hall–Kier alpha value is -1.70. The molecule has 0 saturated carbocycles. The molecule has 1 aromatic carbocycles. The topological polar surface area (TPSA) is 64.4 Å². The van der Waals surface area contributed by atoms with Gasteiger partial charge < -0.3 is 4.74 Å². The van der Waals surface area contributed by atoms with Gasteiger partial charge in [0.1, 0.15) is 16.3 Å². The SMILES string of the molecule is CCC1COC(C)(CCC(C)C)N1S(=O)(=O)c1cn(C(C)C)nc1-c1ccccc1. The Morgan fingerprint density at radius 1 is 1.20 bits per heavy atom. The summed E-state index contributed by atoms with van der Waals surface area (Å²) in [4.78, 5) is 0.252. The van der Waals surface area contributed by atoms with Crippen LogP contribution in [0.15, 0.2) is 41.4 Å². The van der Waals surface area contributed by atoms with Crippen molar-refractivity contribution < 1.29 is 13.2 Å². The van der Waals surface area contributed by atoms with Crippen molar-refractivity contribution in [2.45, 2.75) is 83.5 Å². The van der Waals surface area contributed by atoms with Gasteiger partial charge in [0.2, 0.25) is 10.0 Å². The Bertz CT molecular complexity index is 953. The van der Waals surface area contributed by atoms with Crippen molar-refractivity contribution in [3.63, 3.8) is 0 Å². The maximum absolute atomic E-state index is 14.1. The average molecular weight is 434 g/mol. The lowest BCUT2D eigenvalue weighted by atomic mass is 10.0. The van der Waals surface area contributed by atoms with E-state index in [0.29, 0.717) is 31.1 Å². The molecule has 0 radical (unpaired) electrons. The molecule has 1 saturated heterocycles. The monoisotopic (exact) mass is 433 g/mol. The fourth-order valence-electron chi connectivity index (χ4n) is 4.00. The number of aromatic nitrogens is 2. The van der Waals surface area contributed by atoms with Gasteiger partial charge in [0.15, 0.2) is 0 Å². The second-order valence-corrected chi connectivity index (χ2v) is 10.8. The third kappa shape index (κ3) is 4.34. The predicted molar refractivity (Wildman–Crippen MR) is 120 cm³/mol. The van der Waals surface area contributed by atoms with Crippen LogP contribution in [0, 0.1) is 5.92 Å². The van der Waals surface area contributed by atoms with Crippen LogP contribution in [0.1, 0.15) is 66.8 Å². The zero-order valence-corrected chi connectivity index (χ0v) is 19.8. The number of benzene rings is 1. The van der Waals surface area contributed by atoms with Gasteiger partial charge in [-0.05, 0) is 46.0 Å². The molecule has 0 N–H and O–H groups in total. The molecule has 3 rings (SSSR count). The van der Waals surface area contributed by atoms with Crippen LogP contribution in [-0.2, 0) is 14.8 Å². The number of hydrogen-bond donors (Lipinski definition) is 0. The smallest absolute Gasteiger partial charge is 0.249 e. The van der Waals surface area contributed by atoms with E-state index in [4.69, 9.17) is 4.74 Å². The Labute approximate surface area is 181 Å². The molecular formula is C23H35N3O3S. The quantitative estimate of drug-likeness (QED) is 0.582. The summed E-state index contributed by atoms with van der Waals surface area (Å²) in [5.41, 5.74) is 0.447. The van der Waals surface area contributed by atoms with Crippen LogP contribution in [0.3, 0.4) is 0 Å². The first kappa shape index (κ1) is 23.0. The molecule has 0 bridgehead atoms. The minimum atomic E-state index is -3.82. The molecule has 2 unspecified atom stereocenters. The summed E-state index contributed by atoms with van der Waals surface area (Å²) in [6, 6.07) is 9.41. The Kier molecular flexibility index (Phi) is 6.75. The summed E-state index contributed by atoms with van der Waals surface area (Å²) in [6.45, 7) is 12.6. The molecule has 2 heterocycles. The fraction of sp³-hybridized carbons (Fsp3) is 0.609. The van der Waals surface area contributed by atoms with Gasteiger partial charge in [-0.2, -0.15) is 9.40 Å². The highest BCUT2D eigenvalue weighted by molar-refractivity contribution is 7.89. The third-order valence-corrected chi connectivity index (χ3v) is 7.91. The first-order valence-electron chi connectivity index (χ1n) is 10.9. The average Bonchev–Trinajstić information content (AvgIpc) is 3.30. The first-order chi connectivity index (χ1) is 14.1. The van der Waals surface area contributed by atoms with Gasteiger partial charge in [0.25, 0.3) is 0 Å². The van der Waals surface area contributed by atoms with Crippen LogP contribution in [0.4, 0.5) is 0 Å². The van der Waals surface area contributed by atoms with Gasteiger partial charge in [-0.15, -0.1) is 0 Å². The second kappa shape index (κ2) is 8.81. The van der Waals surface area contributed by atoms with E-state index in [1.54, 1.807) is 15.2 Å². The van der Waals surface area contributed by atoms with Crippen molar-refractivity contribution in [3.05, 3.63) is 36.5 Å². The fourth-order valence-corrected chi connectivity index (χ4v) is 6.11. The lowest BCUT2D eigenvalue weighted by Gasteiger charge is -2.35. The molecule has 0 spiro atoms. The van der Waals surface area contributed by atoms with Gasteiger partial charge >= 0.3 is 0 Å². The van der Waals surface area contributed by atoms with Gasteiger partial charge in [-0.25, -0.2) is 8.42 Å². The Morgan fingerprint density at radius 3 is 2.43 bits per heavy atom. The van der Waals surface area contributed by atoms with Gasteiger partial charge in [0.05, 0.1) is 12.6 Å². The zero-order chi connectivity index (χ0) is 22.1. The largest absolute Gasteiger partial charge is 0.358 e. The van der Waals surface area contributed by atoms with E-state index < -0.39 is 15.7 Å². The van der Waals surface area contributed by atoms with E-state index in [-0.39, 0.29) is 17.0 Å². The Morgan fingerprint density at radius 2 is 1.87 bits per heavy atom. The molecule has 166 valence electrons. The first-order valence-corrected chi connectivity index (χ1v) is 12.4. The van der Waals surface area contributed by atoms with Crippen LogP contribution >= 0.6 is 0 Å². The van der Waals surface area contributed by atoms with E-state index in [9.17, 15) is 8.42 Å². The van der Waals surface area contributed by atoms with Crippen molar-refractivity contribution in [2.75, 3.05) is 6.61 Å². The lowest BCUT2D eigenvalue weighted by molar-refractivity contribution is -0.0433. The highest BCUT2D eigenvalue weighted by atomic mass is 32.2. The number of sulfonamides is 1. The molecule has 1 aromatic heterocycles. The molecule has 0 amide bonds. The summed E-state index contributed by atoms with van der Waals surface area (Å²) in [6.07, 6.45) is 3.95. The minimum Gasteiger partial charge on any atom is -0.358 e. The third-order valence-electron chi connectivity index (χ3n) is 5.85. The highest BCUT2D eigenvalue weighted by Gasteiger charge is 2.51. The molecule has 1 aliphatic rings. The highest BCUT2D eigenvalue weighted by Crippen LogP contribution is 2.41. The summed E-state index contributed by atoms with van der Waals surface area (Å²) >= 11 is 0. The van der Waals surface area contributed by atoms with Crippen LogP contribution in [0.2, 0.25) is 0 Å². The van der Waals surface area contributed by atoms with E-state index in [0.717, 1.165) is 12.0 Å². The van der Waals surface area contributed by atoms with E-state index >= 15 is 0 Å². The molecule has 1 fully saturated rings. The normalized spacial score (nSPS) is 23.0. The van der Waals surface area contributed by atoms with E-state index in [1.807, 2.05) is 58.0 Å². The van der Waals surface area contributed by atoms with Gasteiger partial charge in [0, 0.05) is 17.8 Å². The van der Waals surface area contributed by atoms with Crippen LogP contribution < -0.4 is 0 Å². The molecule has 1 aliphatic heterocycles. The minimum absolute atomic E-state index is 0.0561. The molecule has 30 heavy (non-hydrogen) atoms. The van der Waals surface area contributed by atoms with Gasteiger partial charge in [-0.1, -0.05) is 51.1 Å². The molecule has 0 aliphatic carbocycles. The van der Waals surface area contributed by atoms with Crippen molar-refractivity contribution in [1.82, 2.24) is 14.1 Å². The number of rotatable bonds is 8. The molecule has 6 nitrogen and oxygen atoms in total. The summed E-state index contributed by atoms with van der Waals surface area (Å²) in [5.74, 6) is 0.472. The zero-order valence-electron chi connectivity index (χ0n) is 19.0. The Balaban J connectivity index is 2.13. The second-order valence-electron chi connectivity index (χ2n) is 9.06. The molecule has 2 atom stereocenters. The molecule has 2 aromatic rings. The number of hydrogen-bond acceptors (Lipinski definition) is 4. The van der Waals surface area contributed by atoms with Crippen molar-refractivity contribution in [2.24, 2.45) is 5.92 Å². The summed E-state index contributed by atoms with van der Waals surface area (Å²) < 4.78 is 37.7. The van der Waals surface area contributed by atoms with Gasteiger partial charge in [-0.3, -0.25) is 4.68 Å². The van der Waals surface area contributed by atoms with Crippen molar-refractivity contribution in [1.29, 1.82) is 0 Å². The van der Waals surface area contributed by atoms with Crippen molar-refractivity contribution >= 4 is 10.0 Å². The number of ether oxygens (including phenoxy) is 1. The van der Waals surface area contributed by atoms with E-state index in [2.05, 4.69) is 18.9 Å². The molecule has 7 heteroatoms. The van der Waals surface area contributed by atoms with Crippen LogP contribution in [0.25, 0.3) is 11.3 Å². The maximum atomic E-state index is 14.1. The number of nitrogens with zero attached hydrogens (tertiary/aromatic N) is 3. The van der Waals surface area contributed by atoms with Crippen molar-refractivity contribution in [3.8, 4) is 11.3 Å². The lowest BCUT2D eigenvalue weighted by Crippen LogP contribution is -2.49. The molecular weight excluding hydrogens is 398 g/mol. The summed E-state index contributed by atoms with van der Waals surface area (Å²) in [5, 5.41) is 4.66.